The van der Waals surface area contributed by atoms with E-state index in [4.69, 9.17) is 5.11 Å². The summed E-state index contributed by atoms with van der Waals surface area (Å²) in [5, 5.41) is 8.80. The zero-order valence-corrected chi connectivity index (χ0v) is 11.9. The lowest BCUT2D eigenvalue weighted by molar-refractivity contribution is 0.330. The molecule has 0 heterocycles. The second kappa shape index (κ2) is 7.55. The molecule has 0 spiro atoms. The van der Waals surface area contributed by atoms with Gasteiger partial charge in [0.1, 0.15) is 0 Å². The number of hydrogen-bond donors (Lipinski definition) is 1. The Morgan fingerprint density at radius 1 is 1.58 bits per heavy atom. The molecule has 0 aliphatic rings. The van der Waals surface area contributed by atoms with Crippen molar-refractivity contribution in [2.75, 3.05) is 11.0 Å². The van der Waals surface area contributed by atoms with Crippen LogP contribution in [-0.4, -0.2) is 20.1 Å². The third kappa shape index (κ3) is 6.65. The lowest BCUT2D eigenvalue weighted by atomic mass is 10.0. The summed E-state index contributed by atoms with van der Waals surface area (Å²) in [5.74, 6) is 0.591. The van der Waals surface area contributed by atoms with Gasteiger partial charge < -0.3 is 5.11 Å². The largest absolute Gasteiger partial charge is 0.392 e. The highest BCUT2D eigenvalue weighted by atomic mass is 127. The van der Waals surface area contributed by atoms with Gasteiger partial charge in [0.25, 0.3) is 0 Å². The average Bonchev–Trinajstić information content (AvgIpc) is 2.03. The molecule has 0 aromatic carbocycles. The number of halogens is 2. The maximum absolute atomic E-state index is 8.80. The van der Waals surface area contributed by atoms with Gasteiger partial charge in [-0.2, -0.15) is 0 Å². The van der Waals surface area contributed by atoms with Crippen LogP contribution in [-0.2, 0) is 0 Å². The minimum Gasteiger partial charge on any atom is -0.392 e. The fourth-order valence-electron chi connectivity index (χ4n) is 1.07. The molecular formula is C9H16I2O. The zero-order chi connectivity index (χ0) is 9.56. The summed E-state index contributed by atoms with van der Waals surface area (Å²) in [6.45, 7) is 4.38. The molecular weight excluding hydrogens is 378 g/mol. The summed E-state index contributed by atoms with van der Waals surface area (Å²) in [7, 11) is 0. The van der Waals surface area contributed by atoms with Crippen molar-refractivity contribution in [1.82, 2.24) is 0 Å². The summed E-state index contributed by atoms with van der Waals surface area (Å²) in [6.07, 6.45) is 3.37. The van der Waals surface area contributed by atoms with Crippen LogP contribution in [0.5, 0.6) is 0 Å². The van der Waals surface area contributed by atoms with Gasteiger partial charge in [-0.25, -0.2) is 0 Å². The van der Waals surface area contributed by atoms with Gasteiger partial charge >= 0.3 is 0 Å². The number of alkyl halides is 2. The van der Waals surface area contributed by atoms with E-state index in [1.807, 2.05) is 6.92 Å². The van der Waals surface area contributed by atoms with Gasteiger partial charge in [0, 0.05) is 8.35 Å². The molecule has 0 saturated heterocycles. The predicted molar refractivity (Wildman–Crippen MR) is 71.3 cm³/mol. The van der Waals surface area contributed by atoms with Gasteiger partial charge in [-0.1, -0.05) is 63.8 Å². The monoisotopic (exact) mass is 394 g/mol. The molecule has 0 saturated carbocycles. The minimum absolute atomic E-state index is 0.195. The van der Waals surface area contributed by atoms with E-state index in [9.17, 15) is 0 Å². The van der Waals surface area contributed by atoms with Crippen LogP contribution in [0.1, 0.15) is 20.3 Å². The first-order valence-electron chi connectivity index (χ1n) is 4.08. The number of aliphatic hydroxyl groups is 1. The molecule has 0 amide bonds. The van der Waals surface area contributed by atoms with Gasteiger partial charge in [0.15, 0.2) is 0 Å². The first-order chi connectivity index (χ1) is 5.60. The van der Waals surface area contributed by atoms with Crippen molar-refractivity contribution in [2.45, 2.75) is 24.2 Å². The Balaban J connectivity index is 3.80. The van der Waals surface area contributed by atoms with Crippen molar-refractivity contribution in [3.05, 3.63) is 11.6 Å². The number of allylic oxidation sites excluding steroid dienone is 1. The van der Waals surface area contributed by atoms with E-state index in [-0.39, 0.29) is 6.61 Å². The van der Waals surface area contributed by atoms with Crippen LogP contribution < -0.4 is 0 Å². The predicted octanol–water partition coefficient (Wildman–Crippen LogP) is 3.19. The van der Waals surface area contributed by atoms with Crippen LogP contribution in [0.4, 0.5) is 0 Å². The van der Waals surface area contributed by atoms with Gasteiger partial charge in [-0.05, 0) is 19.3 Å². The van der Waals surface area contributed by atoms with Crippen molar-refractivity contribution in [3.8, 4) is 0 Å². The summed E-state index contributed by atoms with van der Waals surface area (Å²) in [4.78, 5) is 0. The average molecular weight is 394 g/mol. The molecule has 0 fully saturated rings. The zero-order valence-electron chi connectivity index (χ0n) is 7.56. The Labute approximate surface area is 102 Å². The molecule has 72 valence electrons. The highest BCUT2D eigenvalue weighted by Gasteiger charge is 2.06. The van der Waals surface area contributed by atoms with Crippen LogP contribution in [0.25, 0.3) is 0 Å². The standard InChI is InChI=1S/C9H16I2O/c1-7(3-8(2)6-12)4-9(11)5-10/h3,7,9,12H,4-6H2,1-2H3. The van der Waals surface area contributed by atoms with E-state index in [0.29, 0.717) is 5.92 Å². The third-order valence-electron chi connectivity index (χ3n) is 1.61. The highest BCUT2D eigenvalue weighted by molar-refractivity contribution is 14.1. The van der Waals surface area contributed by atoms with Crippen LogP contribution >= 0.6 is 45.2 Å². The van der Waals surface area contributed by atoms with Gasteiger partial charge in [-0.3, -0.25) is 0 Å². The van der Waals surface area contributed by atoms with Crippen molar-refractivity contribution in [1.29, 1.82) is 0 Å². The van der Waals surface area contributed by atoms with E-state index in [1.165, 1.54) is 10.8 Å². The molecule has 0 rings (SSSR count). The molecule has 0 aliphatic carbocycles. The lowest BCUT2D eigenvalue weighted by Gasteiger charge is -2.10. The molecule has 1 nitrogen and oxygen atoms in total. The first-order valence-corrected chi connectivity index (χ1v) is 6.85. The van der Waals surface area contributed by atoms with E-state index in [2.05, 4.69) is 58.2 Å². The van der Waals surface area contributed by atoms with Crippen molar-refractivity contribution in [2.24, 2.45) is 5.92 Å². The third-order valence-corrected chi connectivity index (χ3v) is 5.31. The summed E-state index contributed by atoms with van der Waals surface area (Å²) >= 11 is 4.89. The molecule has 0 bridgehead atoms. The van der Waals surface area contributed by atoms with Crippen LogP contribution in [0.15, 0.2) is 11.6 Å². The van der Waals surface area contributed by atoms with E-state index < -0.39 is 0 Å². The molecule has 0 aliphatic heterocycles. The van der Waals surface area contributed by atoms with Crippen LogP contribution in [0, 0.1) is 5.92 Å². The number of aliphatic hydroxyl groups excluding tert-OH is 1. The lowest BCUT2D eigenvalue weighted by Crippen LogP contribution is -2.05. The smallest absolute Gasteiger partial charge is 0.0639 e. The molecule has 1 N–H and O–H groups in total. The molecule has 0 aromatic heterocycles. The normalized spacial score (nSPS) is 17.6. The second-order valence-electron chi connectivity index (χ2n) is 3.14. The summed E-state index contributed by atoms with van der Waals surface area (Å²) in [6, 6.07) is 0. The van der Waals surface area contributed by atoms with E-state index in [1.54, 1.807) is 0 Å². The quantitative estimate of drug-likeness (QED) is 0.432. The Morgan fingerprint density at radius 3 is 2.58 bits per heavy atom. The van der Waals surface area contributed by atoms with Gasteiger partial charge in [-0.15, -0.1) is 0 Å². The molecule has 3 heteroatoms. The Morgan fingerprint density at radius 2 is 2.17 bits per heavy atom. The van der Waals surface area contributed by atoms with Crippen LogP contribution in [0.3, 0.4) is 0 Å². The summed E-state index contributed by atoms with van der Waals surface area (Å²) in [5.41, 5.74) is 1.08. The highest BCUT2D eigenvalue weighted by Crippen LogP contribution is 2.17. The topological polar surface area (TPSA) is 20.2 Å². The van der Waals surface area contributed by atoms with Crippen molar-refractivity contribution in [3.63, 3.8) is 0 Å². The minimum atomic E-state index is 0.195. The molecule has 2 unspecified atom stereocenters. The van der Waals surface area contributed by atoms with E-state index in [0.717, 1.165) is 9.50 Å². The Hall–Kier alpha value is 1.16. The first kappa shape index (κ1) is 13.2. The fraction of sp³-hybridized carbons (Fsp3) is 0.778. The SMILES string of the molecule is CC(=CC(C)CC(I)CI)CO. The maximum atomic E-state index is 8.80. The number of rotatable bonds is 5. The maximum Gasteiger partial charge on any atom is 0.0639 e. The number of hydrogen-bond acceptors (Lipinski definition) is 1. The Bertz CT molecular complexity index is 145. The fourth-order valence-corrected chi connectivity index (χ4v) is 2.23. The van der Waals surface area contributed by atoms with Gasteiger partial charge in [0.2, 0.25) is 0 Å². The molecule has 0 radical (unpaired) electrons. The van der Waals surface area contributed by atoms with Crippen molar-refractivity contribution < 1.29 is 5.11 Å². The Kier molecular flexibility index (Phi) is 8.28. The molecule has 0 aromatic rings. The van der Waals surface area contributed by atoms with E-state index >= 15 is 0 Å². The van der Waals surface area contributed by atoms with Gasteiger partial charge in [0.05, 0.1) is 6.61 Å². The molecule has 12 heavy (non-hydrogen) atoms. The van der Waals surface area contributed by atoms with Crippen molar-refractivity contribution >= 4 is 45.2 Å². The van der Waals surface area contributed by atoms with Crippen LogP contribution in [0.2, 0.25) is 0 Å². The molecule has 2 atom stereocenters. The summed E-state index contributed by atoms with van der Waals surface area (Å²) < 4.78 is 1.95. The second-order valence-corrected chi connectivity index (χ2v) is 5.78.